The summed E-state index contributed by atoms with van der Waals surface area (Å²) in [5, 5.41) is 8.74. The van der Waals surface area contributed by atoms with Crippen LogP contribution in [0, 0.1) is 5.92 Å². The summed E-state index contributed by atoms with van der Waals surface area (Å²) in [6.07, 6.45) is 3.61. The van der Waals surface area contributed by atoms with E-state index in [1.807, 2.05) is 12.1 Å². The summed E-state index contributed by atoms with van der Waals surface area (Å²) in [6, 6.07) is 6.92. The number of carbonyl (C=O) groups is 1. The van der Waals surface area contributed by atoms with Gasteiger partial charge >= 0.3 is 5.97 Å². The molecular formula is C12H16ClNO2. The molecule has 88 valence electrons. The quantitative estimate of drug-likeness (QED) is 0.852. The van der Waals surface area contributed by atoms with Crippen molar-refractivity contribution in [3.8, 4) is 0 Å². The molecule has 0 unspecified atom stereocenters. The molecule has 2 rings (SSSR count). The standard InChI is InChI=1S/C12H15NO2.ClH/c13-11(7-8-1-2-8)9-3-5-10(6-4-9)12(14)15;/h3-6,8,11H,1-2,7,13H2,(H,14,15);1H/t11-;/m1./s1. The lowest BCUT2D eigenvalue weighted by molar-refractivity contribution is 0.0697. The maximum Gasteiger partial charge on any atom is 0.335 e. The summed E-state index contributed by atoms with van der Waals surface area (Å²) in [4.78, 5) is 10.6. The average Bonchev–Trinajstić information content (AvgIpc) is 3.02. The third-order valence-electron chi connectivity index (χ3n) is 2.87. The first-order chi connectivity index (χ1) is 7.16. The van der Waals surface area contributed by atoms with Crippen molar-refractivity contribution in [3.63, 3.8) is 0 Å². The van der Waals surface area contributed by atoms with Gasteiger partial charge in [-0.3, -0.25) is 0 Å². The molecule has 0 aromatic heterocycles. The normalized spacial score (nSPS) is 16.3. The molecule has 0 bridgehead atoms. The molecule has 0 saturated heterocycles. The van der Waals surface area contributed by atoms with Gasteiger partial charge in [0.1, 0.15) is 0 Å². The van der Waals surface area contributed by atoms with E-state index in [0.29, 0.717) is 5.56 Å². The van der Waals surface area contributed by atoms with Gasteiger partial charge < -0.3 is 10.8 Å². The van der Waals surface area contributed by atoms with Crippen LogP contribution in [0.25, 0.3) is 0 Å². The topological polar surface area (TPSA) is 63.3 Å². The van der Waals surface area contributed by atoms with Gasteiger partial charge in [-0.2, -0.15) is 0 Å². The van der Waals surface area contributed by atoms with Crippen LogP contribution in [0.3, 0.4) is 0 Å². The number of aromatic carboxylic acids is 1. The van der Waals surface area contributed by atoms with E-state index in [4.69, 9.17) is 10.8 Å². The van der Waals surface area contributed by atoms with Crippen LogP contribution in [-0.2, 0) is 0 Å². The van der Waals surface area contributed by atoms with Gasteiger partial charge in [0.25, 0.3) is 0 Å². The molecule has 1 saturated carbocycles. The van der Waals surface area contributed by atoms with Crippen LogP contribution >= 0.6 is 12.4 Å². The van der Waals surface area contributed by atoms with E-state index in [9.17, 15) is 4.79 Å². The number of hydrogen-bond acceptors (Lipinski definition) is 2. The second kappa shape index (κ2) is 5.32. The van der Waals surface area contributed by atoms with E-state index in [0.717, 1.165) is 17.9 Å². The predicted molar refractivity (Wildman–Crippen MR) is 64.9 cm³/mol. The van der Waals surface area contributed by atoms with Crippen molar-refractivity contribution in [2.24, 2.45) is 11.7 Å². The Kier molecular flexibility index (Phi) is 4.33. The molecule has 0 aliphatic heterocycles. The lowest BCUT2D eigenvalue weighted by atomic mass is 10.0. The lowest BCUT2D eigenvalue weighted by Gasteiger charge is -2.11. The Morgan fingerprint density at radius 2 is 1.94 bits per heavy atom. The van der Waals surface area contributed by atoms with Crippen molar-refractivity contribution < 1.29 is 9.90 Å². The molecule has 1 fully saturated rings. The van der Waals surface area contributed by atoms with Crippen molar-refractivity contribution in [1.29, 1.82) is 0 Å². The van der Waals surface area contributed by atoms with Crippen molar-refractivity contribution in [2.45, 2.75) is 25.3 Å². The number of carboxylic acids is 1. The van der Waals surface area contributed by atoms with Gasteiger partial charge in [0.15, 0.2) is 0 Å². The minimum Gasteiger partial charge on any atom is -0.478 e. The van der Waals surface area contributed by atoms with Gasteiger partial charge in [-0.05, 0) is 30.0 Å². The fourth-order valence-corrected chi connectivity index (χ4v) is 1.72. The molecule has 3 N–H and O–H groups in total. The number of hydrogen-bond donors (Lipinski definition) is 2. The molecule has 0 amide bonds. The minimum absolute atomic E-state index is 0. The van der Waals surface area contributed by atoms with Crippen LogP contribution < -0.4 is 5.73 Å². The SMILES string of the molecule is Cl.N[C@H](CC1CC1)c1ccc(C(=O)O)cc1. The Balaban J connectivity index is 0.00000128. The molecule has 1 aromatic rings. The average molecular weight is 242 g/mol. The largest absolute Gasteiger partial charge is 0.478 e. The van der Waals surface area contributed by atoms with Gasteiger partial charge in [0.05, 0.1) is 5.56 Å². The zero-order chi connectivity index (χ0) is 10.8. The summed E-state index contributed by atoms with van der Waals surface area (Å²) in [5.41, 5.74) is 7.37. The Hall–Kier alpha value is -1.06. The van der Waals surface area contributed by atoms with Crippen molar-refractivity contribution >= 4 is 18.4 Å². The summed E-state index contributed by atoms with van der Waals surface area (Å²) in [6.45, 7) is 0. The molecule has 1 aliphatic rings. The van der Waals surface area contributed by atoms with E-state index < -0.39 is 5.97 Å². The van der Waals surface area contributed by atoms with Crippen molar-refractivity contribution in [1.82, 2.24) is 0 Å². The first-order valence-corrected chi connectivity index (χ1v) is 5.25. The molecular weight excluding hydrogens is 226 g/mol. The van der Waals surface area contributed by atoms with Gasteiger partial charge in [0.2, 0.25) is 0 Å². The second-order valence-electron chi connectivity index (χ2n) is 4.21. The second-order valence-corrected chi connectivity index (χ2v) is 4.21. The van der Waals surface area contributed by atoms with Crippen molar-refractivity contribution in [2.75, 3.05) is 0 Å². The fraction of sp³-hybridized carbons (Fsp3) is 0.417. The first kappa shape index (κ1) is 13.0. The Labute approximate surface area is 101 Å². The Morgan fingerprint density at radius 3 is 2.38 bits per heavy atom. The summed E-state index contributed by atoms with van der Waals surface area (Å²) in [5.74, 6) is -0.100. The van der Waals surface area contributed by atoms with E-state index in [1.54, 1.807) is 12.1 Å². The van der Waals surface area contributed by atoms with E-state index in [2.05, 4.69) is 0 Å². The highest BCUT2D eigenvalue weighted by molar-refractivity contribution is 5.87. The third kappa shape index (κ3) is 3.22. The smallest absolute Gasteiger partial charge is 0.335 e. The summed E-state index contributed by atoms with van der Waals surface area (Å²) >= 11 is 0. The van der Waals surface area contributed by atoms with Crippen molar-refractivity contribution in [3.05, 3.63) is 35.4 Å². The molecule has 0 spiro atoms. The number of rotatable bonds is 4. The van der Waals surface area contributed by atoms with Crippen LogP contribution in [0.5, 0.6) is 0 Å². The molecule has 3 nitrogen and oxygen atoms in total. The molecule has 0 heterocycles. The maximum atomic E-state index is 10.6. The fourth-order valence-electron chi connectivity index (χ4n) is 1.72. The summed E-state index contributed by atoms with van der Waals surface area (Å²) < 4.78 is 0. The highest BCUT2D eigenvalue weighted by Crippen LogP contribution is 2.36. The van der Waals surface area contributed by atoms with Gasteiger partial charge in [-0.25, -0.2) is 4.79 Å². The maximum absolute atomic E-state index is 10.6. The molecule has 16 heavy (non-hydrogen) atoms. The highest BCUT2D eigenvalue weighted by Gasteiger charge is 2.24. The molecule has 4 heteroatoms. The van der Waals surface area contributed by atoms with Crippen LogP contribution in [0.2, 0.25) is 0 Å². The molecule has 1 aromatic carbocycles. The zero-order valence-electron chi connectivity index (χ0n) is 8.93. The van der Waals surface area contributed by atoms with Crippen LogP contribution in [0.15, 0.2) is 24.3 Å². The Bertz CT molecular complexity index is 360. The van der Waals surface area contributed by atoms with E-state index >= 15 is 0 Å². The third-order valence-corrected chi connectivity index (χ3v) is 2.87. The number of nitrogens with two attached hydrogens (primary N) is 1. The molecule has 0 radical (unpaired) electrons. The van der Waals surface area contributed by atoms with E-state index in [1.165, 1.54) is 12.8 Å². The predicted octanol–water partition coefficient (Wildman–Crippen LogP) is 2.61. The van der Waals surface area contributed by atoms with Crippen LogP contribution in [0.4, 0.5) is 0 Å². The highest BCUT2D eigenvalue weighted by atomic mass is 35.5. The first-order valence-electron chi connectivity index (χ1n) is 5.25. The van der Waals surface area contributed by atoms with Gasteiger partial charge in [-0.1, -0.05) is 25.0 Å². The van der Waals surface area contributed by atoms with Gasteiger partial charge in [-0.15, -0.1) is 12.4 Å². The number of benzene rings is 1. The zero-order valence-corrected chi connectivity index (χ0v) is 9.74. The monoisotopic (exact) mass is 241 g/mol. The Morgan fingerprint density at radius 1 is 1.38 bits per heavy atom. The van der Waals surface area contributed by atoms with Crippen LogP contribution in [0.1, 0.15) is 41.2 Å². The lowest BCUT2D eigenvalue weighted by Crippen LogP contribution is -2.11. The van der Waals surface area contributed by atoms with E-state index in [-0.39, 0.29) is 18.4 Å². The van der Waals surface area contributed by atoms with Crippen LogP contribution in [-0.4, -0.2) is 11.1 Å². The van der Waals surface area contributed by atoms with Gasteiger partial charge in [0, 0.05) is 6.04 Å². The summed E-state index contributed by atoms with van der Waals surface area (Å²) in [7, 11) is 0. The number of carboxylic acid groups (broad SMARTS) is 1. The number of halogens is 1. The molecule has 1 atom stereocenters. The molecule has 1 aliphatic carbocycles. The minimum atomic E-state index is -0.891.